The van der Waals surface area contributed by atoms with E-state index >= 15 is 0 Å². The van der Waals surface area contributed by atoms with E-state index in [9.17, 15) is 14.0 Å². The second-order valence-electron chi connectivity index (χ2n) is 7.73. The van der Waals surface area contributed by atoms with Crippen molar-refractivity contribution in [2.24, 2.45) is 5.73 Å². The summed E-state index contributed by atoms with van der Waals surface area (Å²) in [6.07, 6.45) is 0.374. The number of hydrogen-bond donors (Lipinski definition) is 3. The molecule has 1 heterocycles. The number of urea groups is 1. The van der Waals surface area contributed by atoms with E-state index in [4.69, 9.17) is 26.6 Å². The van der Waals surface area contributed by atoms with Gasteiger partial charge < -0.3 is 25.2 Å². The van der Waals surface area contributed by atoms with Crippen LogP contribution in [0.1, 0.15) is 18.4 Å². The van der Waals surface area contributed by atoms with E-state index in [2.05, 4.69) is 15.8 Å². The van der Waals surface area contributed by atoms with E-state index in [0.29, 0.717) is 30.6 Å². The Morgan fingerprint density at radius 1 is 1.23 bits per heavy atom. The van der Waals surface area contributed by atoms with Crippen molar-refractivity contribution in [1.29, 1.82) is 0 Å². The van der Waals surface area contributed by atoms with Gasteiger partial charge in [0, 0.05) is 25.2 Å². The summed E-state index contributed by atoms with van der Waals surface area (Å²) in [5, 5.41) is 9.07. The minimum absolute atomic E-state index is 0.0416. The lowest BCUT2D eigenvalue weighted by Crippen LogP contribution is -2.46. The minimum atomic E-state index is -0.751. The van der Waals surface area contributed by atoms with Crippen molar-refractivity contribution < 1.29 is 23.2 Å². The summed E-state index contributed by atoms with van der Waals surface area (Å²) < 4.78 is 24.1. The van der Waals surface area contributed by atoms with Crippen molar-refractivity contribution in [3.63, 3.8) is 0 Å². The molecule has 0 unspecified atom stereocenters. The van der Waals surface area contributed by atoms with E-state index in [1.165, 1.54) is 17.0 Å². The summed E-state index contributed by atoms with van der Waals surface area (Å²) in [5.41, 5.74) is 7.47. The van der Waals surface area contributed by atoms with Gasteiger partial charge in [-0.3, -0.25) is 5.32 Å². The number of anilines is 1. The van der Waals surface area contributed by atoms with Crippen molar-refractivity contribution in [2.45, 2.75) is 25.4 Å². The Labute approximate surface area is 207 Å². The molecule has 2 aromatic carbocycles. The average Bonchev–Trinajstić information content (AvgIpc) is 3.33. The molecule has 4 N–H and O–H groups in total. The lowest BCUT2D eigenvalue weighted by Gasteiger charge is -2.28. The van der Waals surface area contributed by atoms with Crippen molar-refractivity contribution in [2.75, 3.05) is 25.5 Å². The molecule has 3 rings (SSSR count). The van der Waals surface area contributed by atoms with E-state index in [-0.39, 0.29) is 24.1 Å². The highest BCUT2D eigenvalue weighted by Gasteiger charge is 2.22. The Kier molecular flexibility index (Phi) is 9.45. The SMILES string of the molecule is CN(C(=O)NCc1cccc(F)c1Cl)[C@@H](CCCN)COC(=O)Nc1cc(-c2ccccc2)no1. The molecule has 0 spiro atoms. The van der Waals surface area contributed by atoms with Crippen LogP contribution in [0.5, 0.6) is 0 Å². The summed E-state index contributed by atoms with van der Waals surface area (Å²) in [7, 11) is 1.58. The Bertz CT molecular complexity index is 1130. The van der Waals surface area contributed by atoms with Crippen LogP contribution in [0.3, 0.4) is 0 Å². The standard InChI is InChI=1S/C24H27ClFN5O4/c1-31(23(32)28-14-17-9-5-11-19(26)22(17)25)18(10-6-12-27)15-34-24(33)29-21-13-20(30-35-21)16-7-3-2-4-8-16/h2-5,7-9,11,13,18H,6,10,12,14-15,27H2,1H3,(H,28,32)(H,29,33)/t18-/m0/s1. The fourth-order valence-electron chi connectivity index (χ4n) is 3.28. The predicted molar refractivity (Wildman–Crippen MR) is 130 cm³/mol. The van der Waals surface area contributed by atoms with Crippen LogP contribution < -0.4 is 16.4 Å². The molecule has 0 fully saturated rings. The molecule has 1 aromatic heterocycles. The fourth-order valence-corrected chi connectivity index (χ4v) is 3.47. The highest BCUT2D eigenvalue weighted by atomic mass is 35.5. The Morgan fingerprint density at radius 3 is 2.74 bits per heavy atom. The van der Waals surface area contributed by atoms with Crippen molar-refractivity contribution >= 4 is 29.6 Å². The maximum atomic E-state index is 13.6. The second kappa shape index (κ2) is 12.7. The molecule has 0 radical (unpaired) electrons. The highest BCUT2D eigenvalue weighted by molar-refractivity contribution is 6.31. The van der Waals surface area contributed by atoms with Crippen LogP contribution in [0.25, 0.3) is 11.3 Å². The monoisotopic (exact) mass is 503 g/mol. The van der Waals surface area contributed by atoms with Gasteiger partial charge in [-0.1, -0.05) is 59.2 Å². The second-order valence-corrected chi connectivity index (χ2v) is 8.11. The number of likely N-dealkylation sites (N-methyl/N-ethyl adjacent to an activating group) is 1. The number of amides is 3. The van der Waals surface area contributed by atoms with Gasteiger partial charge in [0.2, 0.25) is 5.88 Å². The van der Waals surface area contributed by atoms with Gasteiger partial charge in [-0.15, -0.1) is 0 Å². The van der Waals surface area contributed by atoms with Crippen LogP contribution in [0.2, 0.25) is 5.02 Å². The zero-order chi connectivity index (χ0) is 25.2. The van der Waals surface area contributed by atoms with E-state index in [0.717, 1.165) is 5.56 Å². The van der Waals surface area contributed by atoms with E-state index in [1.54, 1.807) is 19.2 Å². The van der Waals surface area contributed by atoms with E-state index in [1.807, 2.05) is 30.3 Å². The zero-order valence-electron chi connectivity index (χ0n) is 19.2. The molecule has 0 saturated carbocycles. The number of carbonyl (C=O) groups is 2. The smallest absolute Gasteiger partial charge is 0.414 e. The van der Waals surface area contributed by atoms with E-state index < -0.39 is 24.0 Å². The maximum absolute atomic E-state index is 13.6. The fraction of sp³-hybridized carbons (Fsp3) is 0.292. The van der Waals surface area contributed by atoms with Crippen molar-refractivity contribution in [3.05, 3.63) is 71.0 Å². The third-order valence-electron chi connectivity index (χ3n) is 5.28. The average molecular weight is 504 g/mol. The largest absolute Gasteiger partial charge is 0.447 e. The maximum Gasteiger partial charge on any atom is 0.414 e. The Hall–Kier alpha value is -3.63. The first-order valence-electron chi connectivity index (χ1n) is 11.0. The zero-order valence-corrected chi connectivity index (χ0v) is 19.9. The molecular formula is C24H27ClFN5O4. The summed E-state index contributed by atoms with van der Waals surface area (Å²) in [5.74, 6) is -0.430. The molecular weight excluding hydrogens is 477 g/mol. The number of benzene rings is 2. The van der Waals surface area contributed by atoms with Crippen molar-refractivity contribution in [3.8, 4) is 11.3 Å². The topological polar surface area (TPSA) is 123 Å². The van der Waals surface area contributed by atoms with Crippen LogP contribution in [-0.4, -0.2) is 48.4 Å². The minimum Gasteiger partial charge on any atom is -0.447 e. The number of nitrogens with one attached hydrogen (secondary N) is 2. The molecule has 0 saturated heterocycles. The molecule has 0 bridgehead atoms. The number of carbonyl (C=O) groups excluding carboxylic acids is 2. The first kappa shape index (κ1) is 26.0. The number of rotatable bonds is 10. The first-order chi connectivity index (χ1) is 16.9. The number of aromatic nitrogens is 1. The molecule has 186 valence electrons. The summed E-state index contributed by atoms with van der Waals surface area (Å²) in [6.45, 7) is 0.382. The number of nitrogens with two attached hydrogens (primary N) is 1. The summed E-state index contributed by atoms with van der Waals surface area (Å²) in [4.78, 5) is 26.4. The molecule has 35 heavy (non-hydrogen) atoms. The molecule has 0 aliphatic rings. The normalized spacial score (nSPS) is 11.5. The van der Waals surface area contributed by atoms with Gasteiger partial charge in [0.25, 0.3) is 0 Å². The summed E-state index contributed by atoms with van der Waals surface area (Å²) in [6, 6.07) is 14.4. The molecule has 1 atom stereocenters. The van der Waals surface area contributed by atoms with Gasteiger partial charge in [0.05, 0.1) is 11.1 Å². The van der Waals surface area contributed by atoms with Gasteiger partial charge in [0.15, 0.2) is 0 Å². The number of nitrogens with zero attached hydrogens (tertiary/aromatic N) is 2. The Balaban J connectivity index is 1.53. The molecule has 9 nitrogen and oxygen atoms in total. The predicted octanol–water partition coefficient (Wildman–Crippen LogP) is 4.63. The number of hydrogen-bond acceptors (Lipinski definition) is 6. The third kappa shape index (κ3) is 7.43. The van der Waals surface area contributed by atoms with Crippen LogP contribution >= 0.6 is 11.6 Å². The highest BCUT2D eigenvalue weighted by Crippen LogP contribution is 2.22. The number of halogens is 2. The van der Waals surface area contributed by atoms with Gasteiger partial charge in [-0.2, -0.15) is 0 Å². The molecule has 3 amide bonds. The lowest BCUT2D eigenvalue weighted by atomic mass is 10.1. The molecule has 11 heteroatoms. The quantitative estimate of drug-likeness (QED) is 0.370. The van der Waals surface area contributed by atoms with Gasteiger partial charge in [-0.05, 0) is 31.0 Å². The summed E-state index contributed by atoms with van der Waals surface area (Å²) >= 11 is 5.94. The van der Waals surface area contributed by atoms with Gasteiger partial charge in [0.1, 0.15) is 18.1 Å². The molecule has 0 aliphatic heterocycles. The number of ether oxygens (including phenoxy) is 1. The van der Waals surface area contributed by atoms with Gasteiger partial charge in [-0.25, -0.2) is 14.0 Å². The first-order valence-corrected chi connectivity index (χ1v) is 11.4. The van der Waals surface area contributed by atoms with Crippen LogP contribution in [0.15, 0.2) is 59.1 Å². The van der Waals surface area contributed by atoms with Crippen LogP contribution in [0.4, 0.5) is 19.9 Å². The van der Waals surface area contributed by atoms with Crippen LogP contribution in [0, 0.1) is 5.82 Å². The third-order valence-corrected chi connectivity index (χ3v) is 5.71. The van der Waals surface area contributed by atoms with Gasteiger partial charge >= 0.3 is 12.1 Å². The molecule has 3 aromatic rings. The van der Waals surface area contributed by atoms with Crippen molar-refractivity contribution in [1.82, 2.24) is 15.4 Å². The van der Waals surface area contributed by atoms with Crippen LogP contribution in [-0.2, 0) is 11.3 Å². The molecule has 0 aliphatic carbocycles. The lowest BCUT2D eigenvalue weighted by molar-refractivity contribution is 0.113. The Morgan fingerprint density at radius 2 is 2.00 bits per heavy atom.